The summed E-state index contributed by atoms with van der Waals surface area (Å²) >= 11 is 0. The lowest BCUT2D eigenvalue weighted by Gasteiger charge is -2.34. The Morgan fingerprint density at radius 1 is 1.37 bits per heavy atom. The highest BCUT2D eigenvalue weighted by molar-refractivity contribution is 7.92. The number of hydrogen-bond acceptors (Lipinski definition) is 4. The first kappa shape index (κ1) is 16.1. The first-order valence-electron chi connectivity index (χ1n) is 5.95. The number of nitrogens with two attached hydrogens (primary N) is 1. The van der Waals surface area contributed by atoms with E-state index in [-0.39, 0.29) is 12.1 Å². The van der Waals surface area contributed by atoms with Gasteiger partial charge in [-0.15, -0.1) is 0 Å². The van der Waals surface area contributed by atoms with Crippen LogP contribution in [0.5, 0.6) is 0 Å². The van der Waals surface area contributed by atoms with E-state index in [1.54, 1.807) is 6.07 Å². The molecule has 19 heavy (non-hydrogen) atoms. The highest BCUT2D eigenvalue weighted by atomic mass is 32.2. The van der Waals surface area contributed by atoms with Gasteiger partial charge < -0.3 is 10.8 Å². The molecule has 2 atom stereocenters. The van der Waals surface area contributed by atoms with Crippen LogP contribution in [0.4, 0.5) is 4.39 Å². The Labute approximate surface area is 113 Å². The van der Waals surface area contributed by atoms with Crippen LogP contribution >= 0.6 is 0 Å². The normalized spacial score (nSPS) is 16.1. The van der Waals surface area contributed by atoms with Gasteiger partial charge in [-0.3, -0.25) is 0 Å². The molecule has 2 unspecified atom stereocenters. The van der Waals surface area contributed by atoms with E-state index in [1.165, 1.54) is 32.0 Å². The summed E-state index contributed by atoms with van der Waals surface area (Å²) in [6.07, 6.45) is -0.241. The highest BCUT2D eigenvalue weighted by Gasteiger charge is 2.42. The van der Waals surface area contributed by atoms with Gasteiger partial charge in [0.15, 0.2) is 9.84 Å². The zero-order valence-electron chi connectivity index (χ0n) is 11.3. The van der Waals surface area contributed by atoms with Crippen LogP contribution in [0.15, 0.2) is 24.3 Å². The molecule has 1 aromatic carbocycles. The van der Waals surface area contributed by atoms with E-state index in [1.807, 2.05) is 0 Å². The fourth-order valence-electron chi connectivity index (χ4n) is 1.91. The number of sulfone groups is 1. The molecule has 0 aliphatic carbocycles. The van der Waals surface area contributed by atoms with Crippen molar-refractivity contribution in [2.24, 2.45) is 5.73 Å². The molecule has 1 rings (SSSR count). The predicted molar refractivity (Wildman–Crippen MR) is 73.1 cm³/mol. The van der Waals surface area contributed by atoms with Crippen LogP contribution in [0, 0.1) is 5.82 Å². The second kappa shape index (κ2) is 5.56. The van der Waals surface area contributed by atoms with Gasteiger partial charge in [0.05, 0.1) is 10.9 Å². The van der Waals surface area contributed by atoms with Crippen molar-refractivity contribution in [2.45, 2.75) is 30.6 Å². The molecule has 0 amide bonds. The average molecular weight is 289 g/mol. The minimum atomic E-state index is -3.51. The van der Waals surface area contributed by atoms with Gasteiger partial charge in [-0.1, -0.05) is 18.2 Å². The van der Waals surface area contributed by atoms with Crippen LogP contribution < -0.4 is 5.73 Å². The van der Waals surface area contributed by atoms with Crippen molar-refractivity contribution in [1.82, 2.24) is 0 Å². The third-order valence-electron chi connectivity index (χ3n) is 3.61. The quantitative estimate of drug-likeness (QED) is 0.849. The maximum atomic E-state index is 13.8. The molecule has 1 aromatic rings. The van der Waals surface area contributed by atoms with Gasteiger partial charge in [0.25, 0.3) is 0 Å². The molecule has 0 bridgehead atoms. The maximum absolute atomic E-state index is 13.8. The molecule has 108 valence electrons. The van der Waals surface area contributed by atoms with Crippen LogP contribution in [0.3, 0.4) is 0 Å². The Kier molecular flexibility index (Phi) is 4.71. The summed E-state index contributed by atoms with van der Waals surface area (Å²) in [6.45, 7) is 2.79. The van der Waals surface area contributed by atoms with E-state index in [0.29, 0.717) is 0 Å². The molecule has 0 aliphatic rings. The van der Waals surface area contributed by atoms with E-state index in [4.69, 9.17) is 5.73 Å². The van der Waals surface area contributed by atoms with Gasteiger partial charge in [0.2, 0.25) is 0 Å². The number of hydrogen-bond donors (Lipinski definition) is 2. The lowest BCUT2D eigenvalue weighted by Crippen LogP contribution is -2.48. The van der Waals surface area contributed by atoms with Gasteiger partial charge in [-0.05, 0) is 25.5 Å². The fraction of sp³-hybridized carbons (Fsp3) is 0.538. The van der Waals surface area contributed by atoms with Crippen LogP contribution in [0.25, 0.3) is 0 Å². The predicted octanol–water partition coefficient (Wildman–Crippen LogP) is 1.05. The van der Waals surface area contributed by atoms with Gasteiger partial charge in [0, 0.05) is 18.7 Å². The Morgan fingerprint density at radius 2 is 1.89 bits per heavy atom. The fourth-order valence-corrected chi connectivity index (χ4v) is 2.51. The van der Waals surface area contributed by atoms with Crippen molar-refractivity contribution in [3.63, 3.8) is 0 Å². The lowest BCUT2D eigenvalue weighted by molar-refractivity contribution is 0.109. The molecule has 4 nitrogen and oxygen atoms in total. The first-order chi connectivity index (χ1) is 8.63. The zero-order valence-corrected chi connectivity index (χ0v) is 12.1. The number of aliphatic hydroxyl groups excluding tert-OH is 1. The largest absolute Gasteiger partial charge is 0.391 e. The summed E-state index contributed by atoms with van der Waals surface area (Å²) in [6, 6.07) is 5.92. The summed E-state index contributed by atoms with van der Waals surface area (Å²) in [5, 5.41) is 10.3. The monoisotopic (exact) mass is 289 g/mol. The third kappa shape index (κ3) is 3.13. The van der Waals surface area contributed by atoms with Gasteiger partial charge in [-0.2, -0.15) is 0 Å². The van der Waals surface area contributed by atoms with Gasteiger partial charge >= 0.3 is 0 Å². The molecule has 0 heterocycles. The van der Waals surface area contributed by atoms with E-state index >= 15 is 0 Å². The SMILES string of the molecule is CC(C)(C(O)C(CN)c1ccccc1F)S(C)(=O)=O. The summed E-state index contributed by atoms with van der Waals surface area (Å²) in [5.74, 6) is -1.27. The summed E-state index contributed by atoms with van der Waals surface area (Å²) in [7, 11) is -3.51. The minimum absolute atomic E-state index is 0.0406. The first-order valence-corrected chi connectivity index (χ1v) is 7.84. The van der Waals surface area contributed by atoms with Crippen LogP contribution in [-0.2, 0) is 9.84 Å². The molecule has 3 N–H and O–H groups in total. The molecule has 0 radical (unpaired) electrons. The Hall–Kier alpha value is -0.980. The molecular weight excluding hydrogens is 269 g/mol. The van der Waals surface area contributed by atoms with Crippen molar-refractivity contribution in [1.29, 1.82) is 0 Å². The second-order valence-electron chi connectivity index (χ2n) is 5.18. The van der Waals surface area contributed by atoms with Gasteiger partial charge in [0.1, 0.15) is 5.82 Å². The van der Waals surface area contributed by atoms with Crippen molar-refractivity contribution < 1.29 is 17.9 Å². The Morgan fingerprint density at radius 3 is 2.32 bits per heavy atom. The van der Waals surface area contributed by atoms with Gasteiger partial charge in [-0.25, -0.2) is 12.8 Å². The molecule has 0 saturated heterocycles. The minimum Gasteiger partial charge on any atom is -0.391 e. The van der Waals surface area contributed by atoms with E-state index in [2.05, 4.69) is 0 Å². The number of aliphatic hydroxyl groups is 1. The smallest absolute Gasteiger partial charge is 0.155 e. The maximum Gasteiger partial charge on any atom is 0.155 e. The molecular formula is C13H20FNO3S. The molecule has 6 heteroatoms. The number of halogens is 1. The number of benzene rings is 1. The zero-order chi connectivity index (χ0) is 14.8. The third-order valence-corrected chi connectivity index (χ3v) is 5.76. The Balaban J connectivity index is 3.22. The molecule has 0 spiro atoms. The van der Waals surface area contributed by atoms with Crippen molar-refractivity contribution in [3.05, 3.63) is 35.6 Å². The summed E-state index contributed by atoms with van der Waals surface area (Å²) < 4.78 is 35.8. The lowest BCUT2D eigenvalue weighted by atomic mass is 9.86. The average Bonchev–Trinajstić information content (AvgIpc) is 2.30. The van der Waals surface area contributed by atoms with Crippen molar-refractivity contribution >= 4 is 9.84 Å². The van der Waals surface area contributed by atoms with Crippen LogP contribution in [0.1, 0.15) is 25.3 Å². The molecule has 0 fully saturated rings. The van der Waals surface area contributed by atoms with Crippen molar-refractivity contribution in [2.75, 3.05) is 12.8 Å². The summed E-state index contributed by atoms with van der Waals surface area (Å²) in [5.41, 5.74) is 5.82. The topological polar surface area (TPSA) is 80.4 Å². The van der Waals surface area contributed by atoms with Crippen molar-refractivity contribution in [3.8, 4) is 0 Å². The second-order valence-corrected chi connectivity index (χ2v) is 7.78. The molecule has 0 saturated carbocycles. The van der Waals surface area contributed by atoms with Crippen LogP contribution in [0.2, 0.25) is 0 Å². The molecule has 0 aliphatic heterocycles. The highest BCUT2D eigenvalue weighted by Crippen LogP contribution is 2.32. The standard InChI is InChI=1S/C13H20FNO3S/c1-13(2,19(3,17)18)12(16)10(8-15)9-6-4-5-7-11(9)14/h4-7,10,12,16H,8,15H2,1-3H3. The van der Waals surface area contributed by atoms with E-state index in [9.17, 15) is 17.9 Å². The summed E-state index contributed by atoms with van der Waals surface area (Å²) in [4.78, 5) is 0. The number of rotatable bonds is 5. The van der Waals surface area contributed by atoms with E-state index < -0.39 is 32.4 Å². The Bertz CT molecular complexity index is 543. The van der Waals surface area contributed by atoms with E-state index in [0.717, 1.165) is 6.26 Å². The molecule has 0 aromatic heterocycles. The van der Waals surface area contributed by atoms with Crippen LogP contribution in [-0.4, -0.2) is 37.2 Å².